The number of aliphatic carboxylic acids is 1. The topological polar surface area (TPSA) is 46.5 Å². The molecule has 0 unspecified atom stereocenters. The van der Waals surface area contributed by atoms with Crippen molar-refractivity contribution in [3.63, 3.8) is 0 Å². The first-order chi connectivity index (χ1) is 3.27. The van der Waals surface area contributed by atoms with Crippen molar-refractivity contribution in [1.82, 2.24) is 0 Å². The van der Waals surface area contributed by atoms with Crippen LogP contribution in [-0.4, -0.2) is 24.8 Å². The molecule has 0 aromatic heterocycles. The van der Waals surface area contributed by atoms with Gasteiger partial charge in [0.05, 0.1) is 13.0 Å². The minimum Gasteiger partial charge on any atom is -0.481 e. The molecule has 8 heavy (non-hydrogen) atoms. The zero-order chi connectivity index (χ0) is 5.70. The van der Waals surface area contributed by atoms with Gasteiger partial charge in [0.15, 0.2) is 0 Å². The molecule has 0 amide bonds. The monoisotopic (exact) mass is 194 g/mol. The molecule has 0 atom stereocenters. The second-order valence-corrected chi connectivity index (χ2v) is 1.14. The Morgan fingerprint density at radius 1 is 1.75 bits per heavy atom. The first-order valence-electron chi connectivity index (χ1n) is 1.98. The van der Waals surface area contributed by atoms with Crippen molar-refractivity contribution in [2.45, 2.75) is 6.42 Å². The molecule has 0 aliphatic carbocycles. The van der Waals surface area contributed by atoms with Gasteiger partial charge in [0.1, 0.15) is 0 Å². The Labute approximate surface area is 67.2 Å². The zero-order valence-electron chi connectivity index (χ0n) is 4.68. The van der Waals surface area contributed by atoms with Gasteiger partial charge < -0.3 is 9.84 Å². The number of methoxy groups -OCH3 is 1. The maximum Gasteiger partial charge on any atom is 0.305 e. The van der Waals surface area contributed by atoms with E-state index in [1.54, 1.807) is 0 Å². The summed E-state index contributed by atoms with van der Waals surface area (Å²) in [6.45, 7) is 0.301. The van der Waals surface area contributed by atoms with E-state index in [0.717, 1.165) is 0 Å². The number of rotatable bonds is 3. The number of carbonyl (C=O) groups is 1. The number of ether oxygens (including phenoxy) is 1. The molecular formula is C4H8O3Zr. The molecule has 0 aliphatic heterocycles. The van der Waals surface area contributed by atoms with Crippen LogP contribution >= 0.6 is 0 Å². The van der Waals surface area contributed by atoms with Crippen molar-refractivity contribution in [3.8, 4) is 0 Å². The molecule has 0 spiro atoms. The Morgan fingerprint density at radius 3 is 2.38 bits per heavy atom. The molecule has 3 nitrogen and oxygen atoms in total. The van der Waals surface area contributed by atoms with Gasteiger partial charge >= 0.3 is 5.97 Å². The Morgan fingerprint density at radius 2 is 2.25 bits per heavy atom. The fourth-order valence-electron chi connectivity index (χ4n) is 0.189. The summed E-state index contributed by atoms with van der Waals surface area (Å²) in [6.07, 6.45) is 0.0938. The molecule has 0 heterocycles. The van der Waals surface area contributed by atoms with Crippen LogP contribution in [0.15, 0.2) is 0 Å². The van der Waals surface area contributed by atoms with Crippen LogP contribution in [0.3, 0.4) is 0 Å². The minimum atomic E-state index is -0.818. The quantitative estimate of drug-likeness (QED) is 0.695. The molecule has 0 radical (unpaired) electrons. The van der Waals surface area contributed by atoms with Gasteiger partial charge in [-0.3, -0.25) is 4.79 Å². The van der Waals surface area contributed by atoms with Crippen LogP contribution in [0.2, 0.25) is 0 Å². The van der Waals surface area contributed by atoms with Crippen LogP contribution in [0.25, 0.3) is 0 Å². The fraction of sp³-hybridized carbons (Fsp3) is 0.750. The van der Waals surface area contributed by atoms with Crippen molar-refractivity contribution < 1.29 is 40.8 Å². The molecule has 0 saturated carbocycles. The molecule has 0 fully saturated rings. The van der Waals surface area contributed by atoms with Gasteiger partial charge in [-0.15, -0.1) is 0 Å². The average molecular weight is 195 g/mol. The molecule has 1 N–H and O–H groups in total. The third kappa shape index (κ3) is 9.58. The van der Waals surface area contributed by atoms with Gasteiger partial charge in [-0.25, -0.2) is 0 Å². The van der Waals surface area contributed by atoms with E-state index in [2.05, 4.69) is 4.74 Å². The summed E-state index contributed by atoms with van der Waals surface area (Å²) in [6, 6.07) is 0. The van der Waals surface area contributed by atoms with Crippen molar-refractivity contribution in [2.75, 3.05) is 13.7 Å². The summed E-state index contributed by atoms with van der Waals surface area (Å²) in [4.78, 5) is 9.68. The number of carboxylic acid groups (broad SMARTS) is 1. The zero-order valence-corrected chi connectivity index (χ0v) is 7.14. The van der Waals surface area contributed by atoms with Crippen molar-refractivity contribution in [2.24, 2.45) is 0 Å². The Balaban J connectivity index is 0. The van der Waals surface area contributed by atoms with Gasteiger partial charge in [-0.2, -0.15) is 0 Å². The van der Waals surface area contributed by atoms with E-state index in [0.29, 0.717) is 6.61 Å². The summed E-state index contributed by atoms with van der Waals surface area (Å²) >= 11 is 0. The first kappa shape index (κ1) is 11.2. The van der Waals surface area contributed by atoms with Crippen LogP contribution in [-0.2, 0) is 35.7 Å². The molecule has 4 heteroatoms. The Kier molecular flexibility index (Phi) is 10.2. The van der Waals surface area contributed by atoms with Crippen molar-refractivity contribution in [1.29, 1.82) is 0 Å². The predicted molar refractivity (Wildman–Crippen MR) is 24.1 cm³/mol. The summed E-state index contributed by atoms with van der Waals surface area (Å²) in [5, 5.41) is 7.96. The van der Waals surface area contributed by atoms with Crippen LogP contribution in [0.1, 0.15) is 6.42 Å². The molecule has 0 aromatic carbocycles. The van der Waals surface area contributed by atoms with Crippen LogP contribution < -0.4 is 0 Å². The van der Waals surface area contributed by atoms with Crippen molar-refractivity contribution in [3.05, 3.63) is 0 Å². The fourth-order valence-corrected chi connectivity index (χ4v) is 0.189. The second-order valence-electron chi connectivity index (χ2n) is 1.14. The number of hydrogen-bond donors (Lipinski definition) is 1. The van der Waals surface area contributed by atoms with Gasteiger partial charge in [0.25, 0.3) is 0 Å². The normalized spacial score (nSPS) is 7.62. The molecule has 0 saturated heterocycles. The largest absolute Gasteiger partial charge is 0.481 e. The number of hydrogen-bond acceptors (Lipinski definition) is 2. The Bertz CT molecular complexity index is 64.3. The molecule has 0 bridgehead atoms. The van der Waals surface area contributed by atoms with Gasteiger partial charge in [0.2, 0.25) is 0 Å². The molecule has 0 rings (SSSR count). The molecule has 0 aromatic rings. The van der Waals surface area contributed by atoms with Gasteiger partial charge in [-0.05, 0) is 0 Å². The summed E-state index contributed by atoms with van der Waals surface area (Å²) < 4.78 is 4.47. The van der Waals surface area contributed by atoms with E-state index in [1.807, 2.05) is 0 Å². The smallest absolute Gasteiger partial charge is 0.305 e. The summed E-state index contributed by atoms with van der Waals surface area (Å²) in [5.41, 5.74) is 0. The molecule has 0 aliphatic rings. The maximum atomic E-state index is 9.68. The summed E-state index contributed by atoms with van der Waals surface area (Å²) in [5.74, 6) is -0.818. The third-order valence-corrected chi connectivity index (χ3v) is 0.520. The van der Waals surface area contributed by atoms with E-state index in [1.165, 1.54) is 7.11 Å². The molecular weight excluding hydrogens is 187 g/mol. The van der Waals surface area contributed by atoms with Crippen LogP contribution in [0.4, 0.5) is 0 Å². The molecule has 46 valence electrons. The first-order valence-corrected chi connectivity index (χ1v) is 1.98. The van der Waals surface area contributed by atoms with Gasteiger partial charge in [0, 0.05) is 33.3 Å². The maximum absolute atomic E-state index is 9.68. The van der Waals surface area contributed by atoms with E-state index >= 15 is 0 Å². The van der Waals surface area contributed by atoms with E-state index in [4.69, 9.17) is 5.11 Å². The average Bonchev–Trinajstić information content (AvgIpc) is 1.61. The second kappa shape index (κ2) is 7.31. The Hall–Kier alpha value is 0.313. The predicted octanol–water partition coefficient (Wildman–Crippen LogP) is 0.105. The minimum absolute atomic E-state index is 0. The SMILES string of the molecule is COCCC(=O)O.[Zr]. The van der Waals surface area contributed by atoms with E-state index < -0.39 is 5.97 Å². The number of carboxylic acids is 1. The third-order valence-electron chi connectivity index (χ3n) is 0.520. The van der Waals surface area contributed by atoms with Crippen LogP contribution in [0, 0.1) is 0 Å². The standard InChI is InChI=1S/C4H8O3.Zr/c1-7-3-2-4(5)6;/h2-3H2,1H3,(H,5,6);. The summed E-state index contributed by atoms with van der Waals surface area (Å²) in [7, 11) is 1.48. The van der Waals surface area contributed by atoms with E-state index in [-0.39, 0.29) is 32.6 Å². The van der Waals surface area contributed by atoms with Crippen molar-refractivity contribution >= 4 is 5.97 Å². The van der Waals surface area contributed by atoms with Crippen LogP contribution in [0.5, 0.6) is 0 Å². The van der Waals surface area contributed by atoms with Gasteiger partial charge in [-0.1, -0.05) is 0 Å². The van der Waals surface area contributed by atoms with E-state index in [9.17, 15) is 4.79 Å².